The summed E-state index contributed by atoms with van der Waals surface area (Å²) in [6.07, 6.45) is 7.81. The minimum atomic E-state index is 0.822. The van der Waals surface area contributed by atoms with Crippen molar-refractivity contribution in [3.63, 3.8) is 0 Å². The maximum atomic E-state index is 5.33. The van der Waals surface area contributed by atoms with E-state index < -0.39 is 0 Å². The second-order valence-corrected chi connectivity index (χ2v) is 5.85. The molecular weight excluding hydrogens is 308 g/mol. The maximum Gasteiger partial charge on any atom is 0.194 e. The molecule has 0 amide bonds. The Bertz CT molecular complexity index is 966. The van der Waals surface area contributed by atoms with Crippen LogP contribution in [-0.2, 0) is 0 Å². The van der Waals surface area contributed by atoms with Crippen molar-refractivity contribution in [2.24, 2.45) is 0 Å². The van der Waals surface area contributed by atoms with Crippen molar-refractivity contribution >= 4 is 28.4 Å². The van der Waals surface area contributed by atoms with E-state index in [-0.39, 0.29) is 0 Å². The van der Waals surface area contributed by atoms with E-state index in [1.165, 1.54) is 0 Å². The van der Waals surface area contributed by atoms with Crippen LogP contribution in [0, 0.1) is 0 Å². The fourth-order valence-electron chi connectivity index (χ4n) is 2.47. The van der Waals surface area contributed by atoms with Crippen molar-refractivity contribution in [2.75, 3.05) is 7.11 Å². The number of rotatable bonds is 4. The van der Waals surface area contributed by atoms with Crippen LogP contribution in [0.4, 0.5) is 0 Å². The van der Waals surface area contributed by atoms with E-state index in [1.54, 1.807) is 24.6 Å². The highest BCUT2D eigenvalue weighted by molar-refractivity contribution is 7.15. The average Bonchev–Trinajstić information content (AvgIpc) is 3.30. The van der Waals surface area contributed by atoms with Gasteiger partial charge in [0.2, 0.25) is 0 Å². The maximum absolute atomic E-state index is 5.33. The zero-order chi connectivity index (χ0) is 15.6. The molecule has 4 aromatic rings. The number of nitrogens with one attached hydrogen (secondary N) is 1. The Kier molecular flexibility index (Phi) is 3.44. The smallest absolute Gasteiger partial charge is 0.194 e. The van der Waals surface area contributed by atoms with Gasteiger partial charge in [-0.05, 0) is 30.4 Å². The molecule has 0 saturated heterocycles. The van der Waals surface area contributed by atoms with Gasteiger partial charge in [0, 0.05) is 23.3 Å². The highest BCUT2D eigenvalue weighted by atomic mass is 32.1. The Morgan fingerprint density at radius 1 is 1.26 bits per heavy atom. The number of methoxy groups -OCH3 is 1. The molecule has 4 rings (SSSR count). The van der Waals surface area contributed by atoms with Gasteiger partial charge < -0.3 is 4.74 Å². The van der Waals surface area contributed by atoms with Crippen LogP contribution in [0.2, 0.25) is 0 Å². The summed E-state index contributed by atoms with van der Waals surface area (Å²) in [5.74, 6) is 0.822. The summed E-state index contributed by atoms with van der Waals surface area (Å²) in [6, 6.07) is 9.88. The Labute approximate surface area is 136 Å². The molecule has 3 heterocycles. The molecular formula is C17H14N4OS. The van der Waals surface area contributed by atoms with Crippen molar-refractivity contribution < 1.29 is 4.74 Å². The number of H-pyrrole nitrogens is 1. The first-order chi connectivity index (χ1) is 11.3. The summed E-state index contributed by atoms with van der Waals surface area (Å²) in [7, 11) is 1.67. The number of aromatic amines is 1. The number of hydrogen-bond acceptors (Lipinski definition) is 4. The molecule has 0 radical (unpaired) electrons. The van der Waals surface area contributed by atoms with Crippen LogP contribution in [-0.4, -0.2) is 26.7 Å². The van der Waals surface area contributed by atoms with Gasteiger partial charge in [-0.3, -0.25) is 9.50 Å². The van der Waals surface area contributed by atoms with E-state index in [2.05, 4.69) is 20.7 Å². The van der Waals surface area contributed by atoms with Crippen molar-refractivity contribution in [1.82, 2.24) is 19.6 Å². The number of aromatic nitrogens is 4. The highest BCUT2D eigenvalue weighted by Gasteiger charge is 2.13. The molecule has 23 heavy (non-hydrogen) atoms. The van der Waals surface area contributed by atoms with Crippen molar-refractivity contribution in [3.05, 3.63) is 59.5 Å². The molecule has 0 spiro atoms. The first-order valence-corrected chi connectivity index (χ1v) is 8.00. The normalized spacial score (nSPS) is 11.5. The van der Waals surface area contributed by atoms with Gasteiger partial charge in [-0.25, -0.2) is 4.98 Å². The summed E-state index contributed by atoms with van der Waals surface area (Å²) in [6.45, 7) is 0. The number of benzene rings is 1. The number of nitrogens with zero attached hydrogens (tertiary/aromatic N) is 3. The van der Waals surface area contributed by atoms with Gasteiger partial charge in [-0.2, -0.15) is 5.10 Å². The second-order valence-electron chi connectivity index (χ2n) is 4.98. The zero-order valence-corrected chi connectivity index (χ0v) is 13.2. The van der Waals surface area contributed by atoms with E-state index in [4.69, 9.17) is 9.72 Å². The Morgan fingerprint density at radius 3 is 3.04 bits per heavy atom. The number of thiazole rings is 1. The van der Waals surface area contributed by atoms with Gasteiger partial charge in [0.05, 0.1) is 24.2 Å². The monoisotopic (exact) mass is 322 g/mol. The zero-order valence-electron chi connectivity index (χ0n) is 12.4. The van der Waals surface area contributed by atoms with Crippen LogP contribution < -0.4 is 4.74 Å². The molecule has 0 fully saturated rings. The predicted molar refractivity (Wildman–Crippen MR) is 92.6 cm³/mol. The van der Waals surface area contributed by atoms with Crippen LogP contribution in [0.1, 0.15) is 11.4 Å². The third kappa shape index (κ3) is 2.53. The van der Waals surface area contributed by atoms with Crippen LogP contribution in [0.3, 0.4) is 0 Å². The molecule has 0 saturated carbocycles. The molecule has 0 aliphatic rings. The van der Waals surface area contributed by atoms with Crippen LogP contribution in [0.5, 0.6) is 5.75 Å². The van der Waals surface area contributed by atoms with Gasteiger partial charge in [0.1, 0.15) is 5.75 Å². The van der Waals surface area contributed by atoms with Crippen LogP contribution in [0.15, 0.2) is 48.1 Å². The third-order valence-electron chi connectivity index (χ3n) is 3.59. The number of fused-ring (bicyclic) bond motifs is 1. The molecule has 1 aromatic carbocycles. The standard InChI is InChI=1S/C17H14N4OS/c1-22-14-4-2-3-12(11-14)16-15(6-5-13-7-8-18-20-13)21-9-10-23-17(21)19-16/h2-11H,1H3,(H,18,20). The quantitative estimate of drug-likeness (QED) is 0.618. The second kappa shape index (κ2) is 5.73. The molecule has 0 aliphatic carbocycles. The van der Waals surface area contributed by atoms with Crippen LogP contribution in [0.25, 0.3) is 28.4 Å². The third-order valence-corrected chi connectivity index (χ3v) is 4.34. The van der Waals surface area contributed by atoms with Crippen molar-refractivity contribution in [3.8, 4) is 17.0 Å². The number of ether oxygens (including phenoxy) is 1. The lowest BCUT2D eigenvalue weighted by Gasteiger charge is -2.03. The largest absolute Gasteiger partial charge is 0.497 e. The SMILES string of the molecule is COc1cccc(-c2nc3sccn3c2C=Cc2ccn[nH]2)c1. The Morgan fingerprint density at radius 2 is 2.22 bits per heavy atom. The molecule has 0 unspecified atom stereocenters. The molecule has 0 aliphatic heterocycles. The minimum Gasteiger partial charge on any atom is -0.497 e. The molecule has 114 valence electrons. The fraction of sp³-hybridized carbons (Fsp3) is 0.0588. The first-order valence-electron chi connectivity index (χ1n) is 7.12. The summed E-state index contributed by atoms with van der Waals surface area (Å²) in [5, 5.41) is 8.93. The lowest BCUT2D eigenvalue weighted by Crippen LogP contribution is -1.87. The van der Waals surface area contributed by atoms with E-state index in [0.717, 1.165) is 33.4 Å². The molecule has 5 nitrogen and oxygen atoms in total. The van der Waals surface area contributed by atoms with Gasteiger partial charge in [-0.1, -0.05) is 12.1 Å². The molecule has 0 atom stereocenters. The lowest BCUT2D eigenvalue weighted by molar-refractivity contribution is 0.415. The highest BCUT2D eigenvalue weighted by Crippen LogP contribution is 2.30. The first kappa shape index (κ1) is 13.8. The summed E-state index contributed by atoms with van der Waals surface area (Å²) in [4.78, 5) is 5.73. The van der Waals surface area contributed by atoms with Crippen molar-refractivity contribution in [2.45, 2.75) is 0 Å². The fourth-order valence-corrected chi connectivity index (χ4v) is 3.19. The molecule has 0 bridgehead atoms. The van der Waals surface area contributed by atoms with Crippen molar-refractivity contribution in [1.29, 1.82) is 0 Å². The van der Waals surface area contributed by atoms with E-state index >= 15 is 0 Å². The van der Waals surface area contributed by atoms with Gasteiger partial charge >= 0.3 is 0 Å². The van der Waals surface area contributed by atoms with Gasteiger partial charge in [0.15, 0.2) is 4.96 Å². The molecule has 6 heteroatoms. The number of hydrogen-bond donors (Lipinski definition) is 1. The van der Waals surface area contributed by atoms with Gasteiger partial charge in [0.25, 0.3) is 0 Å². The summed E-state index contributed by atoms with van der Waals surface area (Å²) in [5.41, 5.74) is 3.95. The number of imidazole rings is 1. The molecule has 3 aromatic heterocycles. The average molecular weight is 322 g/mol. The predicted octanol–water partition coefficient (Wildman–Crippen LogP) is 3.96. The van der Waals surface area contributed by atoms with E-state index in [9.17, 15) is 0 Å². The van der Waals surface area contributed by atoms with Crippen LogP contribution >= 0.6 is 11.3 Å². The van der Waals surface area contributed by atoms with E-state index in [0.29, 0.717) is 0 Å². The van der Waals surface area contributed by atoms with E-state index in [1.807, 2.05) is 48.0 Å². The summed E-state index contributed by atoms with van der Waals surface area (Å²) < 4.78 is 7.42. The van der Waals surface area contributed by atoms with Gasteiger partial charge in [-0.15, -0.1) is 11.3 Å². The summed E-state index contributed by atoms with van der Waals surface area (Å²) >= 11 is 1.62. The minimum absolute atomic E-state index is 0.822. The Hall–Kier alpha value is -2.86. The topological polar surface area (TPSA) is 55.2 Å². The molecule has 1 N–H and O–H groups in total. The Balaban J connectivity index is 1.85. The lowest BCUT2D eigenvalue weighted by atomic mass is 10.1.